The number of ketones is 1. The number of carbonyl (C=O) groups excluding carboxylic acids is 1. The van der Waals surface area contributed by atoms with E-state index in [1.165, 1.54) is 25.3 Å². The number of nitro groups is 1. The maximum absolute atomic E-state index is 12.3. The number of nitro benzene ring substituents is 1. The number of hydrogen-bond acceptors (Lipinski definition) is 4. The van der Waals surface area contributed by atoms with E-state index in [9.17, 15) is 14.9 Å². The highest BCUT2D eigenvalue weighted by Gasteiger charge is 2.12. The van der Waals surface area contributed by atoms with Gasteiger partial charge in [-0.05, 0) is 30.2 Å². The van der Waals surface area contributed by atoms with Crippen LogP contribution in [-0.2, 0) is 0 Å². The molecule has 0 radical (unpaired) electrons. The topological polar surface area (TPSA) is 69.4 Å². The van der Waals surface area contributed by atoms with Crippen LogP contribution in [0.25, 0.3) is 6.08 Å². The molecule has 0 aliphatic carbocycles. The zero-order chi connectivity index (χ0) is 16.1. The summed E-state index contributed by atoms with van der Waals surface area (Å²) >= 11 is 0. The molecule has 0 atom stereocenters. The second kappa shape index (κ2) is 6.67. The predicted octanol–water partition coefficient (Wildman–Crippen LogP) is 3.81. The lowest BCUT2D eigenvalue weighted by molar-refractivity contribution is -0.384. The van der Waals surface area contributed by atoms with Crippen LogP contribution in [0.3, 0.4) is 0 Å². The lowest BCUT2D eigenvalue weighted by Crippen LogP contribution is -2.01. The molecule has 0 saturated carbocycles. The molecule has 0 bridgehead atoms. The minimum atomic E-state index is -0.469. The molecule has 2 aromatic rings. The van der Waals surface area contributed by atoms with Crippen LogP contribution >= 0.6 is 0 Å². The van der Waals surface area contributed by atoms with E-state index in [4.69, 9.17) is 4.74 Å². The molecular formula is C17H15NO4. The summed E-state index contributed by atoms with van der Waals surface area (Å²) in [6, 6.07) is 11.5. The van der Waals surface area contributed by atoms with Gasteiger partial charge in [-0.1, -0.05) is 30.3 Å². The largest absolute Gasteiger partial charge is 0.496 e. The van der Waals surface area contributed by atoms with Crippen molar-refractivity contribution in [1.82, 2.24) is 0 Å². The predicted molar refractivity (Wildman–Crippen MR) is 84.2 cm³/mol. The number of carbonyl (C=O) groups is 1. The van der Waals surface area contributed by atoms with Gasteiger partial charge in [0.15, 0.2) is 5.78 Å². The highest BCUT2D eigenvalue weighted by Crippen LogP contribution is 2.23. The van der Waals surface area contributed by atoms with Crippen molar-refractivity contribution < 1.29 is 14.5 Å². The van der Waals surface area contributed by atoms with E-state index in [1.807, 2.05) is 19.1 Å². The summed E-state index contributed by atoms with van der Waals surface area (Å²) in [5, 5.41) is 10.7. The smallest absolute Gasteiger partial charge is 0.270 e. The minimum Gasteiger partial charge on any atom is -0.496 e. The molecule has 112 valence electrons. The van der Waals surface area contributed by atoms with E-state index in [1.54, 1.807) is 24.3 Å². The second-order valence-electron chi connectivity index (χ2n) is 4.70. The summed E-state index contributed by atoms with van der Waals surface area (Å²) in [5.74, 6) is 0.301. The molecule has 0 aliphatic heterocycles. The van der Waals surface area contributed by atoms with Gasteiger partial charge in [-0.3, -0.25) is 14.9 Å². The maximum Gasteiger partial charge on any atom is 0.270 e. The Morgan fingerprint density at radius 1 is 1.23 bits per heavy atom. The first-order chi connectivity index (χ1) is 10.5. The van der Waals surface area contributed by atoms with Crippen molar-refractivity contribution >= 4 is 17.5 Å². The number of ether oxygens (including phenoxy) is 1. The number of non-ortho nitro benzene ring substituents is 1. The van der Waals surface area contributed by atoms with Crippen LogP contribution in [-0.4, -0.2) is 17.8 Å². The van der Waals surface area contributed by atoms with Crippen LogP contribution in [0.15, 0.2) is 48.5 Å². The number of nitrogens with zero attached hydrogens (tertiary/aromatic N) is 1. The van der Waals surface area contributed by atoms with Crippen molar-refractivity contribution in [2.75, 3.05) is 7.11 Å². The Bertz CT molecular complexity index is 750. The van der Waals surface area contributed by atoms with Crippen LogP contribution < -0.4 is 4.74 Å². The fraction of sp³-hybridized carbons (Fsp3) is 0.118. The average Bonchev–Trinajstić information content (AvgIpc) is 2.52. The fourth-order valence-electron chi connectivity index (χ4n) is 2.12. The summed E-state index contributed by atoms with van der Waals surface area (Å²) in [5.41, 5.74) is 1.89. The fourth-order valence-corrected chi connectivity index (χ4v) is 2.12. The van der Waals surface area contributed by atoms with Crippen molar-refractivity contribution in [3.05, 3.63) is 75.3 Å². The molecule has 0 heterocycles. The number of benzene rings is 2. The number of aryl methyl sites for hydroxylation is 1. The molecule has 0 spiro atoms. The molecule has 22 heavy (non-hydrogen) atoms. The van der Waals surface area contributed by atoms with Crippen molar-refractivity contribution in [2.24, 2.45) is 0 Å². The van der Waals surface area contributed by atoms with Crippen LogP contribution in [0.1, 0.15) is 21.5 Å². The SMILES string of the molecule is COc1cccc(C)c1C(=O)/C=C/c1cccc([N+](=O)[O-])c1. The van der Waals surface area contributed by atoms with Crippen LogP contribution in [0, 0.1) is 17.0 Å². The normalized spacial score (nSPS) is 10.6. The van der Waals surface area contributed by atoms with Crippen LogP contribution in [0.5, 0.6) is 5.75 Å². The highest BCUT2D eigenvalue weighted by molar-refractivity contribution is 6.09. The van der Waals surface area contributed by atoms with Gasteiger partial charge in [-0.25, -0.2) is 0 Å². The molecule has 5 nitrogen and oxygen atoms in total. The van der Waals surface area contributed by atoms with E-state index >= 15 is 0 Å². The van der Waals surface area contributed by atoms with E-state index in [2.05, 4.69) is 0 Å². The monoisotopic (exact) mass is 297 g/mol. The summed E-state index contributed by atoms with van der Waals surface area (Å²) in [4.78, 5) is 22.6. The van der Waals surface area contributed by atoms with Gasteiger partial charge in [0, 0.05) is 12.1 Å². The number of hydrogen-bond donors (Lipinski definition) is 0. The van der Waals surface area contributed by atoms with Gasteiger partial charge in [0.1, 0.15) is 5.75 Å². The second-order valence-corrected chi connectivity index (χ2v) is 4.70. The first kappa shape index (κ1) is 15.4. The Labute approximate surface area is 128 Å². The Hall–Kier alpha value is -2.95. The standard InChI is InChI=1S/C17H15NO4/c1-12-5-3-8-16(22-2)17(12)15(19)10-9-13-6-4-7-14(11-13)18(20)21/h3-11H,1-2H3/b10-9+. The average molecular weight is 297 g/mol. The molecular weight excluding hydrogens is 282 g/mol. The third-order valence-corrected chi connectivity index (χ3v) is 3.21. The molecule has 2 aromatic carbocycles. The minimum absolute atomic E-state index is 0.0110. The van der Waals surface area contributed by atoms with Gasteiger partial charge >= 0.3 is 0 Å². The third-order valence-electron chi connectivity index (χ3n) is 3.21. The Morgan fingerprint density at radius 2 is 1.95 bits per heavy atom. The summed E-state index contributed by atoms with van der Waals surface area (Å²) in [7, 11) is 1.51. The van der Waals surface area contributed by atoms with Crippen molar-refractivity contribution in [3.63, 3.8) is 0 Å². The van der Waals surface area contributed by atoms with Gasteiger partial charge < -0.3 is 4.74 Å². The summed E-state index contributed by atoms with van der Waals surface area (Å²) in [6.45, 7) is 1.83. The Kier molecular flexibility index (Phi) is 4.68. The quantitative estimate of drug-likeness (QED) is 0.364. The Morgan fingerprint density at radius 3 is 2.64 bits per heavy atom. The van der Waals surface area contributed by atoms with Gasteiger partial charge in [-0.15, -0.1) is 0 Å². The van der Waals surface area contributed by atoms with Gasteiger partial charge in [0.25, 0.3) is 5.69 Å². The van der Waals surface area contributed by atoms with Gasteiger partial charge in [0.2, 0.25) is 0 Å². The van der Waals surface area contributed by atoms with Gasteiger partial charge in [0.05, 0.1) is 17.6 Å². The zero-order valence-corrected chi connectivity index (χ0v) is 12.3. The molecule has 0 fully saturated rings. The highest BCUT2D eigenvalue weighted by atomic mass is 16.6. The van der Waals surface area contributed by atoms with Crippen LogP contribution in [0.4, 0.5) is 5.69 Å². The van der Waals surface area contributed by atoms with E-state index < -0.39 is 4.92 Å². The van der Waals surface area contributed by atoms with Crippen molar-refractivity contribution in [2.45, 2.75) is 6.92 Å². The van der Waals surface area contributed by atoms with Crippen molar-refractivity contribution in [1.29, 1.82) is 0 Å². The molecule has 0 N–H and O–H groups in total. The molecule has 0 amide bonds. The lowest BCUT2D eigenvalue weighted by Gasteiger charge is -2.08. The van der Waals surface area contributed by atoms with E-state index in [-0.39, 0.29) is 11.5 Å². The molecule has 5 heteroatoms. The molecule has 0 aromatic heterocycles. The first-order valence-electron chi connectivity index (χ1n) is 6.63. The molecule has 0 saturated heterocycles. The summed E-state index contributed by atoms with van der Waals surface area (Å²) in [6.07, 6.45) is 2.95. The van der Waals surface area contributed by atoms with Gasteiger partial charge in [-0.2, -0.15) is 0 Å². The molecule has 0 aliphatic rings. The zero-order valence-electron chi connectivity index (χ0n) is 12.3. The van der Waals surface area contributed by atoms with Crippen molar-refractivity contribution in [3.8, 4) is 5.75 Å². The van der Waals surface area contributed by atoms with E-state index in [0.717, 1.165) is 5.56 Å². The maximum atomic E-state index is 12.3. The number of allylic oxidation sites excluding steroid dienone is 1. The molecule has 2 rings (SSSR count). The third kappa shape index (κ3) is 3.38. The molecule has 0 unspecified atom stereocenters. The number of methoxy groups -OCH3 is 1. The van der Waals surface area contributed by atoms with E-state index in [0.29, 0.717) is 16.9 Å². The number of rotatable bonds is 5. The Balaban J connectivity index is 2.29. The lowest BCUT2D eigenvalue weighted by atomic mass is 10.0. The first-order valence-corrected chi connectivity index (χ1v) is 6.63. The summed E-state index contributed by atoms with van der Waals surface area (Å²) < 4.78 is 5.21. The van der Waals surface area contributed by atoms with Crippen LogP contribution in [0.2, 0.25) is 0 Å².